The van der Waals surface area contributed by atoms with E-state index in [1.807, 2.05) is 23.1 Å². The van der Waals surface area contributed by atoms with E-state index in [4.69, 9.17) is 0 Å². The predicted molar refractivity (Wildman–Crippen MR) is 113 cm³/mol. The molecule has 0 spiro atoms. The Morgan fingerprint density at radius 3 is 2.07 bits per heavy atom. The van der Waals surface area contributed by atoms with Gasteiger partial charge in [0.2, 0.25) is 0 Å². The van der Waals surface area contributed by atoms with Crippen LogP contribution < -0.4 is 15.5 Å². The van der Waals surface area contributed by atoms with Crippen LogP contribution in [-0.4, -0.2) is 41.9 Å². The van der Waals surface area contributed by atoms with Crippen LogP contribution in [0.4, 0.5) is 11.4 Å². The third kappa shape index (κ3) is 4.59. The Kier molecular flexibility index (Phi) is 5.65. The summed E-state index contributed by atoms with van der Waals surface area (Å²) in [7, 11) is 0. The summed E-state index contributed by atoms with van der Waals surface area (Å²) in [5.74, 6) is -0.374. The van der Waals surface area contributed by atoms with Gasteiger partial charge in [0, 0.05) is 42.4 Å². The van der Waals surface area contributed by atoms with Crippen LogP contribution >= 0.6 is 0 Å². The summed E-state index contributed by atoms with van der Waals surface area (Å²) in [6.07, 6.45) is 3.31. The molecule has 2 amide bonds. The lowest BCUT2D eigenvalue weighted by atomic mass is 10.0. The van der Waals surface area contributed by atoms with Gasteiger partial charge < -0.3 is 15.5 Å². The van der Waals surface area contributed by atoms with Gasteiger partial charge >= 0.3 is 0 Å². The van der Waals surface area contributed by atoms with Crippen LogP contribution in [0.1, 0.15) is 46.4 Å². The zero-order valence-corrected chi connectivity index (χ0v) is 16.5. The number of benzene rings is 2. The third-order valence-electron chi connectivity index (χ3n) is 5.55. The number of nitro benzene ring substituents is 1. The number of nitrogens with one attached hydrogen (secondary N) is 2. The second-order valence-electron chi connectivity index (χ2n) is 7.81. The van der Waals surface area contributed by atoms with E-state index in [1.165, 1.54) is 6.07 Å². The first-order valence-corrected chi connectivity index (χ1v) is 10.2. The highest BCUT2D eigenvalue weighted by molar-refractivity contribution is 5.96. The Morgan fingerprint density at radius 2 is 1.47 bits per heavy atom. The van der Waals surface area contributed by atoms with E-state index in [2.05, 4.69) is 10.6 Å². The number of piperidine rings is 1. The molecule has 8 nitrogen and oxygen atoms in total. The average Bonchev–Trinajstić information content (AvgIpc) is 3.58. The first-order valence-electron chi connectivity index (χ1n) is 10.2. The van der Waals surface area contributed by atoms with E-state index < -0.39 is 4.92 Å². The molecule has 0 aromatic heterocycles. The molecule has 0 unspecified atom stereocenters. The van der Waals surface area contributed by atoms with E-state index in [1.54, 1.807) is 24.3 Å². The van der Waals surface area contributed by atoms with Gasteiger partial charge in [0.1, 0.15) is 5.69 Å². The van der Waals surface area contributed by atoms with Gasteiger partial charge in [-0.25, -0.2) is 0 Å². The molecule has 30 heavy (non-hydrogen) atoms. The lowest BCUT2D eigenvalue weighted by molar-refractivity contribution is -0.384. The topological polar surface area (TPSA) is 105 Å². The number of hydrogen-bond acceptors (Lipinski definition) is 5. The SMILES string of the molecule is O=C(NC1CC1)c1ccc(N2CCC(NC(=O)c3ccccc3)CC2)c([N+](=O)[O-])c1. The molecule has 2 N–H and O–H groups in total. The molecule has 8 heteroatoms. The Balaban J connectivity index is 1.40. The molecular weight excluding hydrogens is 384 g/mol. The summed E-state index contributed by atoms with van der Waals surface area (Å²) in [5.41, 5.74) is 1.37. The summed E-state index contributed by atoms with van der Waals surface area (Å²) < 4.78 is 0. The summed E-state index contributed by atoms with van der Waals surface area (Å²) in [6, 6.07) is 13.9. The standard InChI is InChI=1S/C22H24N4O4/c27-21(15-4-2-1-3-5-15)24-18-10-12-25(13-11-18)19-9-6-16(14-20(19)26(29)30)22(28)23-17-7-8-17/h1-6,9,14,17-18H,7-8,10-13H2,(H,23,28)(H,24,27). The molecule has 1 heterocycles. The zero-order valence-electron chi connectivity index (χ0n) is 16.5. The molecule has 4 rings (SSSR count). The Morgan fingerprint density at radius 1 is 0.867 bits per heavy atom. The van der Waals surface area contributed by atoms with Crippen LogP contribution in [0.3, 0.4) is 0 Å². The smallest absolute Gasteiger partial charge is 0.293 e. The zero-order chi connectivity index (χ0) is 21.1. The van der Waals surface area contributed by atoms with Crippen molar-refractivity contribution in [3.63, 3.8) is 0 Å². The van der Waals surface area contributed by atoms with E-state index in [0.29, 0.717) is 42.7 Å². The van der Waals surface area contributed by atoms with Crippen molar-refractivity contribution in [3.8, 4) is 0 Å². The van der Waals surface area contributed by atoms with Gasteiger partial charge in [0.15, 0.2) is 0 Å². The molecule has 0 atom stereocenters. The largest absolute Gasteiger partial charge is 0.366 e. The van der Waals surface area contributed by atoms with Gasteiger partial charge in [-0.15, -0.1) is 0 Å². The van der Waals surface area contributed by atoms with Crippen molar-refractivity contribution in [2.75, 3.05) is 18.0 Å². The van der Waals surface area contributed by atoms with Crippen LogP contribution in [0, 0.1) is 10.1 Å². The van der Waals surface area contributed by atoms with Crippen molar-refractivity contribution >= 4 is 23.2 Å². The van der Waals surface area contributed by atoms with Crippen molar-refractivity contribution in [1.29, 1.82) is 0 Å². The number of anilines is 1. The lowest BCUT2D eigenvalue weighted by Crippen LogP contribution is -2.44. The molecule has 1 saturated heterocycles. The summed E-state index contributed by atoms with van der Waals surface area (Å²) in [4.78, 5) is 37.7. The van der Waals surface area contributed by atoms with E-state index in [-0.39, 0.29) is 29.6 Å². The van der Waals surface area contributed by atoms with Crippen molar-refractivity contribution in [3.05, 3.63) is 69.8 Å². The van der Waals surface area contributed by atoms with Crippen LogP contribution in [-0.2, 0) is 0 Å². The number of carbonyl (C=O) groups excluding carboxylic acids is 2. The van der Waals surface area contributed by atoms with Gasteiger partial charge in [0.25, 0.3) is 17.5 Å². The van der Waals surface area contributed by atoms with Gasteiger partial charge in [0.05, 0.1) is 4.92 Å². The minimum Gasteiger partial charge on any atom is -0.366 e. The average molecular weight is 408 g/mol. The Hall–Kier alpha value is -3.42. The molecule has 156 valence electrons. The van der Waals surface area contributed by atoms with Gasteiger partial charge in [-0.2, -0.15) is 0 Å². The highest BCUT2D eigenvalue weighted by Gasteiger charge is 2.28. The Bertz CT molecular complexity index is 951. The fourth-order valence-corrected chi connectivity index (χ4v) is 3.70. The van der Waals surface area contributed by atoms with Crippen molar-refractivity contribution in [1.82, 2.24) is 10.6 Å². The second kappa shape index (κ2) is 8.52. The maximum absolute atomic E-state index is 12.3. The van der Waals surface area contributed by atoms with Gasteiger partial charge in [-0.05, 0) is 49.9 Å². The molecule has 2 aliphatic rings. The van der Waals surface area contributed by atoms with Crippen LogP contribution in [0.15, 0.2) is 48.5 Å². The molecule has 0 radical (unpaired) electrons. The quantitative estimate of drug-likeness (QED) is 0.565. The maximum Gasteiger partial charge on any atom is 0.293 e. The van der Waals surface area contributed by atoms with Gasteiger partial charge in [-0.1, -0.05) is 18.2 Å². The molecule has 1 aliphatic heterocycles. The fraction of sp³-hybridized carbons (Fsp3) is 0.364. The number of nitro groups is 1. The van der Waals surface area contributed by atoms with E-state index >= 15 is 0 Å². The molecular formula is C22H24N4O4. The minimum atomic E-state index is -0.438. The van der Waals surface area contributed by atoms with Crippen molar-refractivity contribution in [2.24, 2.45) is 0 Å². The van der Waals surface area contributed by atoms with Crippen molar-refractivity contribution in [2.45, 2.75) is 37.8 Å². The highest BCUT2D eigenvalue weighted by atomic mass is 16.6. The molecule has 0 bridgehead atoms. The predicted octanol–water partition coefficient (Wildman–Crippen LogP) is 2.89. The molecule has 2 aromatic rings. The monoisotopic (exact) mass is 408 g/mol. The third-order valence-corrected chi connectivity index (χ3v) is 5.55. The normalized spacial score (nSPS) is 16.7. The fourth-order valence-electron chi connectivity index (χ4n) is 3.70. The van der Waals surface area contributed by atoms with Gasteiger partial charge in [-0.3, -0.25) is 19.7 Å². The molecule has 2 aromatic carbocycles. The second-order valence-corrected chi connectivity index (χ2v) is 7.81. The maximum atomic E-state index is 12.3. The van der Waals surface area contributed by atoms with E-state index in [9.17, 15) is 19.7 Å². The minimum absolute atomic E-state index is 0.0246. The van der Waals surface area contributed by atoms with Crippen LogP contribution in [0.2, 0.25) is 0 Å². The highest BCUT2D eigenvalue weighted by Crippen LogP contribution is 2.32. The van der Waals surface area contributed by atoms with Crippen molar-refractivity contribution < 1.29 is 14.5 Å². The number of nitrogens with zero attached hydrogens (tertiary/aromatic N) is 2. The summed E-state index contributed by atoms with van der Waals surface area (Å²) in [5, 5.41) is 17.5. The molecule has 1 saturated carbocycles. The van der Waals surface area contributed by atoms with E-state index in [0.717, 1.165) is 12.8 Å². The summed E-state index contributed by atoms with van der Waals surface area (Å²) in [6.45, 7) is 1.18. The number of carbonyl (C=O) groups is 2. The first kappa shape index (κ1) is 19.9. The van der Waals surface area contributed by atoms with Crippen LogP contribution in [0.25, 0.3) is 0 Å². The lowest BCUT2D eigenvalue weighted by Gasteiger charge is -2.33. The molecule has 2 fully saturated rings. The Labute approximate surface area is 174 Å². The molecule has 1 aliphatic carbocycles. The summed E-state index contributed by atoms with van der Waals surface area (Å²) >= 11 is 0. The number of amides is 2. The van der Waals surface area contributed by atoms with Crippen LogP contribution in [0.5, 0.6) is 0 Å². The number of rotatable bonds is 6. The first-order chi connectivity index (χ1) is 14.5. The number of hydrogen-bond donors (Lipinski definition) is 2.